The summed E-state index contributed by atoms with van der Waals surface area (Å²) >= 11 is 0. The van der Waals surface area contributed by atoms with Crippen molar-refractivity contribution < 1.29 is 4.39 Å². The molecule has 0 fully saturated rings. The molecule has 0 spiro atoms. The van der Waals surface area contributed by atoms with Crippen molar-refractivity contribution in [3.8, 4) is 0 Å². The first-order valence-corrected chi connectivity index (χ1v) is 6.03. The number of nitrogens with zero attached hydrogens (tertiary/aromatic N) is 3. The van der Waals surface area contributed by atoms with Crippen LogP contribution in [0.15, 0.2) is 31.0 Å². The summed E-state index contributed by atoms with van der Waals surface area (Å²) in [6.07, 6.45) is 8.23. The molecule has 1 unspecified atom stereocenters. The number of rotatable bonds is 5. The molecule has 96 valence electrons. The molecule has 2 N–H and O–H groups in total. The minimum absolute atomic E-state index is 0.143. The van der Waals surface area contributed by atoms with Gasteiger partial charge in [-0.05, 0) is 18.1 Å². The van der Waals surface area contributed by atoms with Gasteiger partial charge in [0.15, 0.2) is 0 Å². The summed E-state index contributed by atoms with van der Waals surface area (Å²) in [4.78, 5) is 8.11. The first-order valence-electron chi connectivity index (χ1n) is 6.03. The number of aromatic nitrogens is 3. The van der Waals surface area contributed by atoms with Gasteiger partial charge in [0, 0.05) is 24.9 Å². The van der Waals surface area contributed by atoms with E-state index in [-0.39, 0.29) is 11.9 Å². The molecule has 0 radical (unpaired) electrons. The monoisotopic (exact) mass is 248 g/mol. The zero-order chi connectivity index (χ0) is 13.0. The fourth-order valence-corrected chi connectivity index (χ4v) is 1.76. The van der Waals surface area contributed by atoms with Gasteiger partial charge < -0.3 is 10.3 Å². The highest BCUT2D eigenvalue weighted by Crippen LogP contribution is 2.06. The second-order valence-corrected chi connectivity index (χ2v) is 4.42. The Hall–Kier alpha value is -1.75. The van der Waals surface area contributed by atoms with Crippen LogP contribution in [0.5, 0.6) is 0 Å². The average molecular weight is 248 g/mol. The van der Waals surface area contributed by atoms with Crippen molar-refractivity contribution in [3.63, 3.8) is 0 Å². The van der Waals surface area contributed by atoms with Gasteiger partial charge in [-0.3, -0.25) is 4.98 Å². The molecule has 2 rings (SSSR count). The van der Waals surface area contributed by atoms with E-state index < -0.39 is 0 Å². The van der Waals surface area contributed by atoms with Gasteiger partial charge in [0.25, 0.3) is 0 Å². The minimum Gasteiger partial charge on any atom is -0.333 e. The van der Waals surface area contributed by atoms with Gasteiger partial charge in [-0.1, -0.05) is 6.92 Å². The lowest BCUT2D eigenvalue weighted by Gasteiger charge is -2.05. The van der Waals surface area contributed by atoms with Gasteiger partial charge in [0.2, 0.25) is 0 Å². The highest BCUT2D eigenvalue weighted by atomic mass is 19.1. The van der Waals surface area contributed by atoms with Gasteiger partial charge in [0.05, 0.1) is 24.8 Å². The third kappa shape index (κ3) is 3.37. The molecule has 0 amide bonds. The van der Waals surface area contributed by atoms with Crippen molar-refractivity contribution in [1.29, 1.82) is 0 Å². The fraction of sp³-hybridized carbons (Fsp3) is 0.385. The van der Waals surface area contributed by atoms with Crippen LogP contribution >= 0.6 is 0 Å². The standard InChI is InChI=1S/C13H17FN4/c1-2-12(15)4-13-8-18(9-17-13)7-10-3-11(14)6-16-5-10/h3,5-6,8-9,12H,2,4,7,15H2,1H3. The highest BCUT2D eigenvalue weighted by Gasteiger charge is 2.05. The Morgan fingerprint density at radius 2 is 2.28 bits per heavy atom. The quantitative estimate of drug-likeness (QED) is 0.877. The molecule has 0 aromatic carbocycles. The number of pyridine rings is 1. The summed E-state index contributed by atoms with van der Waals surface area (Å²) in [5.74, 6) is -0.319. The lowest BCUT2D eigenvalue weighted by atomic mass is 10.1. The summed E-state index contributed by atoms with van der Waals surface area (Å²) in [7, 11) is 0. The molecule has 4 nitrogen and oxygen atoms in total. The van der Waals surface area contributed by atoms with Crippen molar-refractivity contribution in [3.05, 3.63) is 48.1 Å². The van der Waals surface area contributed by atoms with Crippen LogP contribution in [-0.2, 0) is 13.0 Å². The smallest absolute Gasteiger partial charge is 0.141 e. The summed E-state index contributed by atoms with van der Waals surface area (Å²) in [5.41, 5.74) is 7.66. The molecule has 0 aliphatic heterocycles. The molecular weight excluding hydrogens is 231 g/mol. The number of imidazole rings is 1. The highest BCUT2D eigenvalue weighted by molar-refractivity contribution is 5.11. The molecule has 1 atom stereocenters. The molecule has 0 bridgehead atoms. The Bertz CT molecular complexity index is 509. The Labute approximate surface area is 106 Å². The van der Waals surface area contributed by atoms with Gasteiger partial charge >= 0.3 is 0 Å². The van der Waals surface area contributed by atoms with Gasteiger partial charge in [-0.25, -0.2) is 9.37 Å². The largest absolute Gasteiger partial charge is 0.333 e. The number of nitrogens with two attached hydrogens (primary N) is 1. The Morgan fingerprint density at radius 3 is 3.00 bits per heavy atom. The zero-order valence-electron chi connectivity index (χ0n) is 10.4. The van der Waals surface area contributed by atoms with Crippen molar-refractivity contribution >= 4 is 0 Å². The average Bonchev–Trinajstić information content (AvgIpc) is 2.76. The van der Waals surface area contributed by atoms with E-state index in [9.17, 15) is 4.39 Å². The maximum Gasteiger partial charge on any atom is 0.141 e. The van der Waals surface area contributed by atoms with E-state index in [1.807, 2.05) is 10.8 Å². The van der Waals surface area contributed by atoms with E-state index in [1.54, 1.807) is 12.5 Å². The van der Waals surface area contributed by atoms with E-state index in [4.69, 9.17) is 5.73 Å². The van der Waals surface area contributed by atoms with E-state index in [0.29, 0.717) is 6.54 Å². The van der Waals surface area contributed by atoms with E-state index in [0.717, 1.165) is 24.1 Å². The molecule has 2 heterocycles. The van der Waals surface area contributed by atoms with Crippen molar-refractivity contribution in [2.24, 2.45) is 5.73 Å². The molecule has 0 saturated heterocycles. The molecule has 18 heavy (non-hydrogen) atoms. The van der Waals surface area contributed by atoms with Crippen LogP contribution in [-0.4, -0.2) is 20.6 Å². The number of hydrogen-bond acceptors (Lipinski definition) is 3. The SMILES string of the molecule is CCC(N)Cc1cn(Cc2cncc(F)c2)cn1. The van der Waals surface area contributed by atoms with Crippen LogP contribution in [0.4, 0.5) is 4.39 Å². The van der Waals surface area contributed by atoms with Crippen LogP contribution in [0.1, 0.15) is 24.6 Å². The Kier molecular flexibility index (Phi) is 4.04. The van der Waals surface area contributed by atoms with Gasteiger partial charge in [-0.15, -0.1) is 0 Å². The number of hydrogen-bond donors (Lipinski definition) is 1. The summed E-state index contributed by atoms with van der Waals surface area (Å²) < 4.78 is 14.9. The molecule has 5 heteroatoms. The zero-order valence-corrected chi connectivity index (χ0v) is 10.4. The van der Waals surface area contributed by atoms with E-state index in [1.165, 1.54) is 12.3 Å². The van der Waals surface area contributed by atoms with E-state index in [2.05, 4.69) is 16.9 Å². The van der Waals surface area contributed by atoms with Crippen molar-refractivity contribution in [1.82, 2.24) is 14.5 Å². The molecule has 0 aliphatic rings. The Morgan fingerprint density at radius 1 is 1.44 bits per heavy atom. The maximum atomic E-state index is 13.0. The third-order valence-corrected chi connectivity index (χ3v) is 2.81. The van der Waals surface area contributed by atoms with Gasteiger partial charge in [-0.2, -0.15) is 0 Å². The second kappa shape index (κ2) is 5.73. The van der Waals surface area contributed by atoms with Crippen molar-refractivity contribution in [2.45, 2.75) is 32.4 Å². The van der Waals surface area contributed by atoms with Gasteiger partial charge in [0.1, 0.15) is 5.82 Å². The summed E-state index contributed by atoms with van der Waals surface area (Å²) in [6, 6.07) is 1.62. The fourth-order valence-electron chi connectivity index (χ4n) is 1.76. The summed E-state index contributed by atoms with van der Waals surface area (Å²) in [6.45, 7) is 2.62. The predicted octanol–water partition coefficient (Wildman–Crippen LogP) is 1.75. The molecule has 2 aromatic rings. The number of halogens is 1. The first-order chi connectivity index (χ1) is 8.67. The lowest BCUT2D eigenvalue weighted by molar-refractivity contribution is 0.616. The topological polar surface area (TPSA) is 56.7 Å². The summed E-state index contributed by atoms with van der Waals surface area (Å²) in [5, 5.41) is 0. The second-order valence-electron chi connectivity index (χ2n) is 4.42. The van der Waals surface area contributed by atoms with Crippen LogP contribution in [0, 0.1) is 5.82 Å². The molecule has 2 aromatic heterocycles. The van der Waals surface area contributed by atoms with Crippen LogP contribution in [0.2, 0.25) is 0 Å². The molecular formula is C13H17FN4. The van der Waals surface area contributed by atoms with E-state index >= 15 is 0 Å². The maximum absolute atomic E-state index is 13.0. The Balaban J connectivity index is 2.02. The van der Waals surface area contributed by atoms with Crippen LogP contribution in [0.25, 0.3) is 0 Å². The third-order valence-electron chi connectivity index (χ3n) is 2.81. The van der Waals surface area contributed by atoms with Crippen LogP contribution < -0.4 is 5.73 Å². The minimum atomic E-state index is -0.319. The van der Waals surface area contributed by atoms with Crippen LogP contribution in [0.3, 0.4) is 0 Å². The first kappa shape index (κ1) is 12.7. The molecule has 0 saturated carbocycles. The van der Waals surface area contributed by atoms with Crippen molar-refractivity contribution in [2.75, 3.05) is 0 Å². The lowest BCUT2D eigenvalue weighted by Crippen LogP contribution is -2.21. The predicted molar refractivity (Wildman–Crippen MR) is 67.5 cm³/mol. The normalized spacial score (nSPS) is 12.6. The molecule has 0 aliphatic carbocycles.